The number of halogens is 1. The van der Waals surface area contributed by atoms with Crippen molar-refractivity contribution in [2.24, 2.45) is 0 Å². The van der Waals surface area contributed by atoms with E-state index in [-0.39, 0.29) is 17.5 Å². The monoisotopic (exact) mass is 421 g/mol. The van der Waals surface area contributed by atoms with E-state index in [9.17, 15) is 25.5 Å². The molecule has 0 amide bonds. The summed E-state index contributed by atoms with van der Waals surface area (Å²) in [6, 6.07) is 5.52. The van der Waals surface area contributed by atoms with Crippen molar-refractivity contribution < 1.29 is 25.5 Å². The van der Waals surface area contributed by atoms with Crippen LogP contribution >= 0.6 is 15.9 Å². The molecule has 0 saturated heterocycles. The first-order chi connectivity index (χ1) is 12.2. The first-order valence-electron chi connectivity index (χ1n) is 7.83. The number of rotatable bonds is 6. The SMILES string of the molecule is C=C(/C=C/c1ccc(O)c(O)c1Br)NC(CC)c1cc(O)c(O)c(O)c1. The molecule has 2 aromatic carbocycles. The van der Waals surface area contributed by atoms with Crippen LogP contribution in [0.2, 0.25) is 0 Å². The minimum atomic E-state index is -0.556. The van der Waals surface area contributed by atoms with E-state index in [0.29, 0.717) is 27.7 Å². The zero-order chi connectivity index (χ0) is 19.4. The van der Waals surface area contributed by atoms with Crippen LogP contribution in [0.1, 0.15) is 30.5 Å². The van der Waals surface area contributed by atoms with Gasteiger partial charge in [-0.25, -0.2) is 0 Å². The highest BCUT2D eigenvalue weighted by atomic mass is 79.9. The Bertz CT molecular complexity index is 840. The van der Waals surface area contributed by atoms with Crippen molar-refractivity contribution in [3.8, 4) is 28.7 Å². The van der Waals surface area contributed by atoms with E-state index in [1.165, 1.54) is 18.2 Å². The van der Waals surface area contributed by atoms with Gasteiger partial charge in [-0.2, -0.15) is 0 Å². The molecular formula is C19H20BrNO5. The van der Waals surface area contributed by atoms with Crippen molar-refractivity contribution in [1.82, 2.24) is 5.32 Å². The number of aromatic hydroxyl groups is 5. The molecule has 2 aromatic rings. The normalized spacial score (nSPS) is 12.2. The zero-order valence-electron chi connectivity index (χ0n) is 14.1. The standard InChI is InChI=1S/C19H20BrNO5/c1-3-13(12-8-15(23)18(25)16(24)9-12)21-10(2)4-5-11-6-7-14(22)19(26)17(11)20/h4-9,13,21-26H,2-3H2,1H3/b5-4+. The highest BCUT2D eigenvalue weighted by Gasteiger charge is 2.15. The van der Waals surface area contributed by atoms with Crippen LogP contribution in [-0.4, -0.2) is 25.5 Å². The van der Waals surface area contributed by atoms with Gasteiger partial charge in [-0.05, 0) is 63.8 Å². The van der Waals surface area contributed by atoms with E-state index in [0.717, 1.165) is 0 Å². The fraction of sp³-hybridized carbons (Fsp3) is 0.158. The molecule has 0 aliphatic heterocycles. The molecule has 0 fully saturated rings. The number of hydrogen-bond donors (Lipinski definition) is 6. The maximum Gasteiger partial charge on any atom is 0.200 e. The smallest absolute Gasteiger partial charge is 0.200 e. The molecule has 0 aliphatic carbocycles. The molecule has 1 unspecified atom stereocenters. The summed E-state index contributed by atoms with van der Waals surface area (Å²) in [4.78, 5) is 0. The highest BCUT2D eigenvalue weighted by Crippen LogP contribution is 2.38. The Morgan fingerprint density at radius 3 is 2.27 bits per heavy atom. The molecule has 2 rings (SSSR count). The summed E-state index contributed by atoms with van der Waals surface area (Å²) in [6.07, 6.45) is 4.04. The Balaban J connectivity index is 2.16. The zero-order valence-corrected chi connectivity index (χ0v) is 15.7. The van der Waals surface area contributed by atoms with E-state index >= 15 is 0 Å². The summed E-state index contributed by atoms with van der Waals surface area (Å²) in [5, 5.41) is 51.1. The van der Waals surface area contributed by atoms with E-state index in [1.807, 2.05) is 6.92 Å². The number of allylic oxidation sites excluding steroid dienone is 1. The van der Waals surface area contributed by atoms with Crippen LogP contribution in [0.4, 0.5) is 0 Å². The van der Waals surface area contributed by atoms with Gasteiger partial charge in [0, 0.05) is 5.70 Å². The van der Waals surface area contributed by atoms with E-state index in [1.54, 1.807) is 18.2 Å². The third kappa shape index (κ3) is 4.23. The summed E-state index contributed by atoms with van der Waals surface area (Å²) in [6.45, 7) is 5.84. The lowest BCUT2D eigenvalue weighted by Crippen LogP contribution is -2.18. The van der Waals surface area contributed by atoms with Crippen molar-refractivity contribution in [3.63, 3.8) is 0 Å². The lowest BCUT2D eigenvalue weighted by molar-refractivity contribution is 0.366. The molecule has 7 heteroatoms. The minimum absolute atomic E-state index is 0.219. The topological polar surface area (TPSA) is 113 Å². The van der Waals surface area contributed by atoms with E-state index in [4.69, 9.17) is 0 Å². The Hall–Kier alpha value is -2.80. The van der Waals surface area contributed by atoms with Crippen molar-refractivity contribution in [2.75, 3.05) is 0 Å². The minimum Gasteiger partial charge on any atom is -0.504 e. The van der Waals surface area contributed by atoms with Gasteiger partial charge in [0.2, 0.25) is 0 Å². The molecule has 6 nitrogen and oxygen atoms in total. The van der Waals surface area contributed by atoms with Crippen LogP contribution in [-0.2, 0) is 0 Å². The van der Waals surface area contributed by atoms with Gasteiger partial charge in [0.1, 0.15) is 0 Å². The van der Waals surface area contributed by atoms with Crippen molar-refractivity contribution >= 4 is 22.0 Å². The number of benzene rings is 2. The number of hydrogen-bond acceptors (Lipinski definition) is 6. The molecule has 1 atom stereocenters. The second-order valence-corrected chi connectivity index (χ2v) is 6.50. The fourth-order valence-corrected chi connectivity index (χ4v) is 2.88. The van der Waals surface area contributed by atoms with Gasteiger partial charge in [-0.1, -0.05) is 19.6 Å². The van der Waals surface area contributed by atoms with Crippen LogP contribution in [0.5, 0.6) is 28.7 Å². The largest absolute Gasteiger partial charge is 0.504 e. The predicted molar refractivity (Wildman–Crippen MR) is 103 cm³/mol. The molecule has 0 aromatic heterocycles. The summed E-state index contributed by atoms with van der Waals surface area (Å²) in [5.41, 5.74) is 1.80. The lowest BCUT2D eigenvalue weighted by Gasteiger charge is -2.20. The Kier molecular flexibility index (Phi) is 6.05. The average Bonchev–Trinajstić information content (AvgIpc) is 2.61. The third-order valence-electron chi connectivity index (χ3n) is 3.85. The van der Waals surface area contributed by atoms with E-state index in [2.05, 4.69) is 27.8 Å². The highest BCUT2D eigenvalue weighted by molar-refractivity contribution is 9.10. The third-order valence-corrected chi connectivity index (χ3v) is 4.68. The lowest BCUT2D eigenvalue weighted by atomic mass is 10.0. The number of phenolic OH excluding ortho intramolecular Hbond substituents is 5. The Labute approximate surface area is 159 Å². The Morgan fingerprint density at radius 2 is 1.69 bits per heavy atom. The maximum absolute atomic E-state index is 9.72. The van der Waals surface area contributed by atoms with Gasteiger partial charge in [0.15, 0.2) is 28.7 Å². The Morgan fingerprint density at radius 1 is 1.08 bits per heavy atom. The summed E-state index contributed by atoms with van der Waals surface area (Å²) in [7, 11) is 0. The van der Waals surface area contributed by atoms with Crippen LogP contribution in [0.25, 0.3) is 6.08 Å². The van der Waals surface area contributed by atoms with Gasteiger partial charge < -0.3 is 30.8 Å². The van der Waals surface area contributed by atoms with E-state index < -0.39 is 17.2 Å². The molecule has 138 valence electrons. The summed E-state index contributed by atoms with van der Waals surface area (Å²) in [5.74, 6) is -1.81. The first kappa shape index (κ1) is 19.5. The molecule has 0 heterocycles. The van der Waals surface area contributed by atoms with Crippen molar-refractivity contribution in [1.29, 1.82) is 0 Å². The summed E-state index contributed by atoms with van der Waals surface area (Å²) >= 11 is 3.21. The molecular weight excluding hydrogens is 402 g/mol. The van der Waals surface area contributed by atoms with Crippen molar-refractivity contribution in [3.05, 3.63) is 58.2 Å². The number of phenols is 5. The van der Waals surface area contributed by atoms with Crippen LogP contribution in [0, 0.1) is 0 Å². The molecule has 0 spiro atoms. The predicted octanol–water partition coefficient (Wildman–Crippen LogP) is 4.24. The molecule has 6 N–H and O–H groups in total. The number of nitrogens with one attached hydrogen (secondary N) is 1. The average molecular weight is 422 g/mol. The van der Waals surface area contributed by atoms with Gasteiger partial charge in [-0.3, -0.25) is 0 Å². The fourth-order valence-electron chi connectivity index (χ4n) is 2.41. The van der Waals surface area contributed by atoms with Crippen LogP contribution < -0.4 is 5.32 Å². The quantitative estimate of drug-likeness (QED) is 0.307. The van der Waals surface area contributed by atoms with Crippen LogP contribution in [0.15, 0.2) is 47.1 Å². The maximum atomic E-state index is 9.72. The van der Waals surface area contributed by atoms with Gasteiger partial charge >= 0.3 is 0 Å². The molecule has 0 bridgehead atoms. The molecule has 0 saturated carbocycles. The summed E-state index contributed by atoms with van der Waals surface area (Å²) < 4.78 is 0.363. The second kappa shape index (κ2) is 8.05. The molecule has 26 heavy (non-hydrogen) atoms. The molecule has 0 radical (unpaired) electrons. The van der Waals surface area contributed by atoms with Gasteiger partial charge in [0.25, 0.3) is 0 Å². The second-order valence-electron chi connectivity index (χ2n) is 5.71. The van der Waals surface area contributed by atoms with Gasteiger partial charge in [-0.15, -0.1) is 0 Å². The van der Waals surface area contributed by atoms with Crippen LogP contribution in [0.3, 0.4) is 0 Å². The van der Waals surface area contributed by atoms with Gasteiger partial charge in [0.05, 0.1) is 10.5 Å². The molecule has 0 aliphatic rings. The first-order valence-corrected chi connectivity index (χ1v) is 8.62. The van der Waals surface area contributed by atoms with Crippen molar-refractivity contribution in [2.45, 2.75) is 19.4 Å².